The van der Waals surface area contributed by atoms with Crippen LogP contribution in [-0.4, -0.2) is 59.9 Å². The van der Waals surface area contributed by atoms with E-state index in [4.69, 9.17) is 24.8 Å². The Kier molecular flexibility index (Phi) is 35.6. The highest BCUT2D eigenvalue weighted by Crippen LogP contribution is 2.43. The second kappa shape index (κ2) is 37.4. The number of carbonyl (C=O) groups is 3. The molecule has 0 aliphatic carbocycles. The summed E-state index contributed by atoms with van der Waals surface area (Å²) in [5, 5.41) is 8.87. The summed E-state index contributed by atoms with van der Waals surface area (Å²) in [5.74, 6) is -2.44. The molecule has 0 aromatic carbocycles. The van der Waals surface area contributed by atoms with Gasteiger partial charge in [-0.25, -0.2) is 4.57 Å². The highest BCUT2D eigenvalue weighted by atomic mass is 31.2. The number of carboxylic acids is 1. The molecule has 0 amide bonds. The van der Waals surface area contributed by atoms with Crippen molar-refractivity contribution in [1.29, 1.82) is 0 Å². The molecule has 0 aromatic heterocycles. The fourth-order valence-electron chi connectivity index (χ4n) is 5.24. The van der Waals surface area contributed by atoms with E-state index in [0.29, 0.717) is 12.8 Å². The molecule has 0 aromatic rings. The Morgan fingerprint density at radius 1 is 0.574 bits per heavy atom. The van der Waals surface area contributed by atoms with E-state index >= 15 is 0 Å². The first-order valence-electron chi connectivity index (χ1n) is 20.7. The number of carboxylic acid groups (broad SMARTS) is 1. The Morgan fingerprint density at radius 2 is 0.981 bits per heavy atom. The third-order valence-corrected chi connectivity index (χ3v) is 9.50. The minimum atomic E-state index is -4.73. The average Bonchev–Trinajstić information content (AvgIpc) is 3.14. The lowest BCUT2D eigenvalue weighted by Gasteiger charge is -2.20. The van der Waals surface area contributed by atoms with Crippen LogP contribution in [0.1, 0.15) is 168 Å². The number of unbranched alkanes of at least 4 members (excludes halogenated alkanes) is 16. The average molecular weight is 784 g/mol. The summed E-state index contributed by atoms with van der Waals surface area (Å²) in [6, 6.07) is -1.53. The molecule has 0 radical (unpaired) electrons. The summed E-state index contributed by atoms with van der Waals surface area (Å²) in [4.78, 5) is 45.8. The van der Waals surface area contributed by atoms with Gasteiger partial charge in [0.1, 0.15) is 12.6 Å². The molecule has 0 fully saturated rings. The molecule has 0 bridgehead atoms. The minimum Gasteiger partial charge on any atom is -0.480 e. The van der Waals surface area contributed by atoms with Crippen molar-refractivity contribution in [2.75, 3.05) is 19.8 Å². The Labute approximate surface area is 326 Å². The van der Waals surface area contributed by atoms with Crippen molar-refractivity contribution in [3.05, 3.63) is 48.6 Å². The maximum Gasteiger partial charge on any atom is 0.472 e. The molecule has 0 saturated heterocycles. The van der Waals surface area contributed by atoms with Gasteiger partial charge in [-0.05, 0) is 77.0 Å². The van der Waals surface area contributed by atoms with Crippen LogP contribution in [0.15, 0.2) is 48.6 Å². The molecule has 0 rings (SSSR count). The summed E-state index contributed by atoms with van der Waals surface area (Å²) in [6.07, 6.45) is 40.4. The lowest BCUT2D eigenvalue weighted by atomic mass is 10.1. The van der Waals surface area contributed by atoms with E-state index in [1.54, 1.807) is 0 Å². The summed E-state index contributed by atoms with van der Waals surface area (Å²) < 4.78 is 32.6. The summed E-state index contributed by atoms with van der Waals surface area (Å²) in [5.41, 5.74) is 5.32. The lowest BCUT2D eigenvalue weighted by Crippen LogP contribution is -2.34. The predicted molar refractivity (Wildman–Crippen MR) is 217 cm³/mol. The van der Waals surface area contributed by atoms with Crippen LogP contribution < -0.4 is 5.73 Å². The summed E-state index contributed by atoms with van der Waals surface area (Å²) in [7, 11) is -4.73. The normalized spacial score (nSPS) is 14.3. The highest BCUT2D eigenvalue weighted by Gasteiger charge is 2.28. The van der Waals surface area contributed by atoms with Gasteiger partial charge >= 0.3 is 25.7 Å². The molecule has 0 saturated carbocycles. The SMILES string of the molecule is CCCCC/C=C\C/C=C\C/C=C\CCCCC(=O)O[C@H](COC(=O)CCCCCCC/C=C\CCCCCCCC)COP(=O)(O)OC[C@H](N)C(=O)O. The second-order valence-electron chi connectivity index (χ2n) is 13.8. The van der Waals surface area contributed by atoms with Crippen molar-refractivity contribution in [2.24, 2.45) is 5.73 Å². The van der Waals surface area contributed by atoms with E-state index in [-0.39, 0.29) is 19.4 Å². The number of aliphatic carboxylic acids is 1. The van der Waals surface area contributed by atoms with Gasteiger partial charge < -0.3 is 25.2 Å². The maximum atomic E-state index is 12.6. The van der Waals surface area contributed by atoms with E-state index < -0.39 is 51.1 Å². The molecule has 0 heterocycles. The number of nitrogens with two attached hydrogens (primary N) is 1. The summed E-state index contributed by atoms with van der Waals surface area (Å²) >= 11 is 0. The van der Waals surface area contributed by atoms with Crippen molar-refractivity contribution in [1.82, 2.24) is 0 Å². The van der Waals surface area contributed by atoms with Gasteiger partial charge in [-0.1, -0.05) is 127 Å². The number of carbonyl (C=O) groups excluding carboxylic acids is 2. The van der Waals surface area contributed by atoms with Crippen LogP contribution in [0.3, 0.4) is 0 Å². The van der Waals surface area contributed by atoms with Crippen LogP contribution in [0.2, 0.25) is 0 Å². The van der Waals surface area contributed by atoms with Crippen molar-refractivity contribution in [3.63, 3.8) is 0 Å². The van der Waals surface area contributed by atoms with Gasteiger partial charge in [-0.2, -0.15) is 0 Å². The lowest BCUT2D eigenvalue weighted by molar-refractivity contribution is -0.161. The van der Waals surface area contributed by atoms with Gasteiger partial charge in [-0.15, -0.1) is 0 Å². The standard InChI is InChI=1S/C42H74NO10P/c1-3-5-7-9-11-13-15-17-19-21-23-25-27-29-31-33-40(44)50-35-38(36-51-54(48,49)52-37-39(43)42(46)47)53-41(45)34-32-30-28-26-24-22-20-18-16-14-12-10-8-6-4-2/h12,14,17-20,24,26,38-39H,3-11,13,15-16,21-23,25,27-37,43H2,1-2H3,(H,46,47)(H,48,49)/b14-12-,19-17-,20-18-,26-24-/t38-,39+/m1/s1. The molecule has 312 valence electrons. The number of esters is 2. The first-order valence-corrected chi connectivity index (χ1v) is 22.2. The van der Waals surface area contributed by atoms with Gasteiger partial charge in [0.05, 0.1) is 13.2 Å². The number of ether oxygens (including phenoxy) is 2. The van der Waals surface area contributed by atoms with E-state index in [2.05, 4.69) is 67.0 Å². The number of rotatable bonds is 38. The summed E-state index contributed by atoms with van der Waals surface area (Å²) in [6.45, 7) is 2.71. The molecule has 1 unspecified atom stereocenters. The van der Waals surface area contributed by atoms with Gasteiger partial charge in [0, 0.05) is 12.8 Å². The monoisotopic (exact) mass is 784 g/mol. The molecular formula is C42H74NO10P. The molecular weight excluding hydrogens is 709 g/mol. The van der Waals surface area contributed by atoms with Crippen molar-refractivity contribution >= 4 is 25.7 Å². The minimum absolute atomic E-state index is 0.110. The topological polar surface area (TPSA) is 172 Å². The largest absolute Gasteiger partial charge is 0.480 e. The number of phosphoric ester groups is 1. The molecule has 3 atom stereocenters. The molecule has 54 heavy (non-hydrogen) atoms. The molecule has 12 heteroatoms. The first-order chi connectivity index (χ1) is 26.1. The number of allylic oxidation sites excluding steroid dienone is 8. The smallest absolute Gasteiger partial charge is 0.472 e. The van der Waals surface area contributed by atoms with E-state index in [1.165, 1.54) is 57.8 Å². The van der Waals surface area contributed by atoms with Crippen LogP contribution >= 0.6 is 7.82 Å². The molecule has 4 N–H and O–H groups in total. The van der Waals surface area contributed by atoms with Crippen LogP contribution in [0, 0.1) is 0 Å². The molecule has 11 nitrogen and oxygen atoms in total. The Morgan fingerprint density at radius 3 is 1.56 bits per heavy atom. The van der Waals surface area contributed by atoms with Gasteiger partial charge in [0.2, 0.25) is 0 Å². The van der Waals surface area contributed by atoms with Crippen LogP contribution in [0.25, 0.3) is 0 Å². The fourth-order valence-corrected chi connectivity index (χ4v) is 6.02. The fraction of sp³-hybridized carbons (Fsp3) is 0.738. The van der Waals surface area contributed by atoms with Gasteiger partial charge in [0.15, 0.2) is 6.10 Å². The zero-order chi connectivity index (χ0) is 40.0. The molecule has 0 spiro atoms. The van der Waals surface area contributed by atoms with Gasteiger partial charge in [-0.3, -0.25) is 23.4 Å². The zero-order valence-corrected chi connectivity index (χ0v) is 34.4. The Bertz CT molecular complexity index is 1110. The van der Waals surface area contributed by atoms with Crippen LogP contribution in [0.5, 0.6) is 0 Å². The van der Waals surface area contributed by atoms with E-state index in [9.17, 15) is 23.8 Å². The van der Waals surface area contributed by atoms with Crippen molar-refractivity contribution in [2.45, 2.75) is 180 Å². The second-order valence-corrected chi connectivity index (χ2v) is 15.2. The number of phosphoric acid groups is 1. The highest BCUT2D eigenvalue weighted by molar-refractivity contribution is 7.47. The van der Waals surface area contributed by atoms with Gasteiger partial charge in [0.25, 0.3) is 0 Å². The first kappa shape index (κ1) is 51.4. The van der Waals surface area contributed by atoms with Crippen LogP contribution in [-0.2, 0) is 37.5 Å². The van der Waals surface area contributed by atoms with Crippen molar-refractivity contribution in [3.8, 4) is 0 Å². The Hall–Kier alpha value is -2.56. The zero-order valence-electron chi connectivity index (χ0n) is 33.6. The Balaban J connectivity index is 4.49. The van der Waals surface area contributed by atoms with Crippen LogP contribution in [0.4, 0.5) is 0 Å². The number of hydrogen-bond acceptors (Lipinski definition) is 9. The maximum absolute atomic E-state index is 12.6. The third-order valence-electron chi connectivity index (χ3n) is 8.55. The quantitative estimate of drug-likeness (QED) is 0.0235. The number of hydrogen-bond donors (Lipinski definition) is 3. The third kappa shape index (κ3) is 36.4. The van der Waals surface area contributed by atoms with E-state index in [1.807, 2.05) is 0 Å². The van der Waals surface area contributed by atoms with Crippen molar-refractivity contribution < 1.29 is 47.5 Å². The predicted octanol–water partition coefficient (Wildman–Crippen LogP) is 10.6. The molecule has 0 aliphatic heterocycles. The molecule has 0 aliphatic rings. The van der Waals surface area contributed by atoms with E-state index in [0.717, 1.165) is 70.6 Å².